The van der Waals surface area contributed by atoms with Crippen LogP contribution in [-0.2, 0) is 4.79 Å². The maximum Gasteiger partial charge on any atom is 0.235 e. The van der Waals surface area contributed by atoms with Crippen LogP contribution in [0.15, 0.2) is 0 Å². The van der Waals surface area contributed by atoms with Crippen LogP contribution in [0.25, 0.3) is 0 Å². The van der Waals surface area contributed by atoms with Crippen molar-refractivity contribution >= 4 is 5.91 Å². The van der Waals surface area contributed by atoms with E-state index in [1.54, 1.807) is 0 Å². The number of carbonyl (C=O) groups excluding carboxylic acids is 1. The summed E-state index contributed by atoms with van der Waals surface area (Å²) in [4.78, 5) is 13.4. The fourth-order valence-electron chi connectivity index (χ4n) is 2.03. The molecular formula is C11H23N3O. The molecule has 1 aliphatic rings. The Morgan fingerprint density at radius 3 is 2.80 bits per heavy atom. The SMILES string of the molecule is CC1(C)CCCN(CCC(=O)NN)CC1. The van der Waals surface area contributed by atoms with Gasteiger partial charge in [0.15, 0.2) is 0 Å². The predicted molar refractivity (Wildman–Crippen MR) is 61.0 cm³/mol. The molecule has 1 heterocycles. The van der Waals surface area contributed by atoms with Crippen molar-refractivity contribution in [2.24, 2.45) is 11.3 Å². The normalized spacial score (nSPS) is 22.1. The zero-order chi connectivity index (χ0) is 11.3. The molecule has 0 spiro atoms. The number of rotatable bonds is 3. The zero-order valence-corrected chi connectivity index (χ0v) is 9.88. The molecule has 1 aliphatic heterocycles. The number of nitrogens with two attached hydrogens (primary N) is 1. The average Bonchev–Trinajstić information content (AvgIpc) is 2.36. The first-order valence-corrected chi connectivity index (χ1v) is 5.75. The van der Waals surface area contributed by atoms with Crippen molar-refractivity contribution in [3.63, 3.8) is 0 Å². The van der Waals surface area contributed by atoms with Crippen LogP contribution in [0.5, 0.6) is 0 Å². The lowest BCUT2D eigenvalue weighted by molar-refractivity contribution is -0.121. The summed E-state index contributed by atoms with van der Waals surface area (Å²) >= 11 is 0. The summed E-state index contributed by atoms with van der Waals surface area (Å²) in [6.45, 7) is 7.69. The highest BCUT2D eigenvalue weighted by molar-refractivity contribution is 5.75. The highest BCUT2D eigenvalue weighted by atomic mass is 16.2. The first-order chi connectivity index (χ1) is 7.03. The molecule has 3 N–H and O–H groups in total. The average molecular weight is 213 g/mol. The number of hydrogen-bond donors (Lipinski definition) is 2. The molecule has 0 bridgehead atoms. The van der Waals surface area contributed by atoms with Crippen molar-refractivity contribution in [3.8, 4) is 0 Å². The third kappa shape index (κ3) is 4.62. The predicted octanol–water partition coefficient (Wildman–Crippen LogP) is 0.879. The van der Waals surface area contributed by atoms with E-state index in [2.05, 4.69) is 24.2 Å². The third-order valence-electron chi connectivity index (χ3n) is 3.25. The molecule has 1 amide bonds. The van der Waals surface area contributed by atoms with E-state index >= 15 is 0 Å². The van der Waals surface area contributed by atoms with Crippen LogP contribution < -0.4 is 11.3 Å². The fourth-order valence-corrected chi connectivity index (χ4v) is 2.03. The smallest absolute Gasteiger partial charge is 0.235 e. The number of nitrogens with one attached hydrogen (secondary N) is 1. The number of carbonyl (C=O) groups is 1. The van der Waals surface area contributed by atoms with Gasteiger partial charge in [0.25, 0.3) is 0 Å². The Morgan fingerprint density at radius 1 is 1.40 bits per heavy atom. The van der Waals surface area contributed by atoms with Crippen molar-refractivity contribution in [1.82, 2.24) is 10.3 Å². The Balaban J connectivity index is 2.29. The maximum atomic E-state index is 11.0. The van der Waals surface area contributed by atoms with Gasteiger partial charge in [-0.15, -0.1) is 0 Å². The summed E-state index contributed by atoms with van der Waals surface area (Å²) in [5.41, 5.74) is 2.63. The minimum atomic E-state index is -0.0708. The van der Waals surface area contributed by atoms with Gasteiger partial charge in [0.05, 0.1) is 0 Å². The summed E-state index contributed by atoms with van der Waals surface area (Å²) in [5.74, 6) is 4.97. The largest absolute Gasteiger partial charge is 0.303 e. The first-order valence-electron chi connectivity index (χ1n) is 5.75. The number of hydrazine groups is 1. The molecule has 15 heavy (non-hydrogen) atoms. The Labute approximate surface area is 92.2 Å². The van der Waals surface area contributed by atoms with Crippen LogP contribution in [0.4, 0.5) is 0 Å². The Morgan fingerprint density at radius 2 is 2.13 bits per heavy atom. The Kier molecular flexibility index (Phi) is 4.54. The summed E-state index contributed by atoms with van der Waals surface area (Å²) in [6.07, 6.45) is 4.25. The van der Waals surface area contributed by atoms with E-state index in [1.165, 1.54) is 19.3 Å². The molecule has 0 aliphatic carbocycles. The molecule has 0 aromatic rings. The lowest BCUT2D eigenvalue weighted by Crippen LogP contribution is -2.34. The molecule has 0 radical (unpaired) electrons. The number of amides is 1. The van der Waals surface area contributed by atoms with Crippen molar-refractivity contribution < 1.29 is 4.79 Å². The fraction of sp³-hybridized carbons (Fsp3) is 0.909. The van der Waals surface area contributed by atoms with Crippen LogP contribution in [0.1, 0.15) is 39.5 Å². The molecule has 88 valence electrons. The summed E-state index contributed by atoms with van der Waals surface area (Å²) in [6, 6.07) is 0. The van der Waals surface area contributed by atoms with Crippen LogP contribution in [0.3, 0.4) is 0 Å². The zero-order valence-electron chi connectivity index (χ0n) is 9.88. The van der Waals surface area contributed by atoms with Crippen molar-refractivity contribution in [2.75, 3.05) is 19.6 Å². The number of nitrogens with zero attached hydrogens (tertiary/aromatic N) is 1. The standard InChI is InChI=1S/C11H23N3O/c1-11(2)5-3-7-14(9-6-11)8-4-10(15)13-12/h3-9,12H2,1-2H3,(H,13,15). The monoisotopic (exact) mass is 213 g/mol. The lowest BCUT2D eigenvalue weighted by atomic mass is 9.85. The molecule has 1 saturated heterocycles. The molecular weight excluding hydrogens is 190 g/mol. The van der Waals surface area contributed by atoms with Gasteiger partial charge in [0.2, 0.25) is 5.91 Å². The minimum absolute atomic E-state index is 0.0708. The molecule has 0 aromatic heterocycles. The van der Waals surface area contributed by atoms with Gasteiger partial charge >= 0.3 is 0 Å². The molecule has 0 aromatic carbocycles. The van der Waals surface area contributed by atoms with Crippen LogP contribution in [0.2, 0.25) is 0 Å². The van der Waals surface area contributed by atoms with Crippen molar-refractivity contribution in [1.29, 1.82) is 0 Å². The van der Waals surface area contributed by atoms with E-state index in [0.717, 1.165) is 19.6 Å². The summed E-state index contributed by atoms with van der Waals surface area (Å²) in [5, 5.41) is 0. The van der Waals surface area contributed by atoms with E-state index in [1.807, 2.05) is 0 Å². The van der Waals surface area contributed by atoms with E-state index in [4.69, 9.17) is 5.84 Å². The molecule has 0 unspecified atom stereocenters. The second-order valence-electron chi connectivity index (χ2n) is 5.18. The minimum Gasteiger partial charge on any atom is -0.303 e. The van der Waals surface area contributed by atoms with Crippen molar-refractivity contribution in [2.45, 2.75) is 39.5 Å². The number of hydrogen-bond acceptors (Lipinski definition) is 3. The molecule has 4 heteroatoms. The van der Waals surface area contributed by atoms with E-state index in [9.17, 15) is 4.79 Å². The van der Waals surface area contributed by atoms with Gasteiger partial charge in [-0.25, -0.2) is 5.84 Å². The summed E-state index contributed by atoms with van der Waals surface area (Å²) < 4.78 is 0. The van der Waals surface area contributed by atoms with Crippen LogP contribution >= 0.6 is 0 Å². The highest BCUT2D eigenvalue weighted by Crippen LogP contribution is 2.29. The molecule has 0 saturated carbocycles. The number of likely N-dealkylation sites (tertiary alicyclic amines) is 1. The quantitative estimate of drug-likeness (QED) is 0.415. The van der Waals surface area contributed by atoms with Gasteiger partial charge in [0, 0.05) is 13.0 Å². The second-order valence-corrected chi connectivity index (χ2v) is 5.18. The van der Waals surface area contributed by atoms with Crippen LogP contribution in [0, 0.1) is 5.41 Å². The topological polar surface area (TPSA) is 58.4 Å². The van der Waals surface area contributed by atoms with Gasteiger partial charge in [-0.2, -0.15) is 0 Å². The summed E-state index contributed by atoms with van der Waals surface area (Å²) in [7, 11) is 0. The Hall–Kier alpha value is -0.610. The van der Waals surface area contributed by atoms with Gasteiger partial charge in [-0.05, 0) is 37.8 Å². The van der Waals surface area contributed by atoms with E-state index in [-0.39, 0.29) is 5.91 Å². The third-order valence-corrected chi connectivity index (χ3v) is 3.25. The Bertz CT molecular complexity index is 216. The first kappa shape index (κ1) is 12.5. The van der Waals surface area contributed by atoms with Gasteiger partial charge in [-0.3, -0.25) is 10.2 Å². The van der Waals surface area contributed by atoms with E-state index < -0.39 is 0 Å². The lowest BCUT2D eigenvalue weighted by Gasteiger charge is -2.23. The molecule has 1 rings (SSSR count). The highest BCUT2D eigenvalue weighted by Gasteiger charge is 2.22. The molecule has 0 atom stereocenters. The maximum absolute atomic E-state index is 11.0. The van der Waals surface area contributed by atoms with Crippen LogP contribution in [-0.4, -0.2) is 30.4 Å². The molecule has 4 nitrogen and oxygen atoms in total. The van der Waals surface area contributed by atoms with Gasteiger partial charge in [-0.1, -0.05) is 13.8 Å². The van der Waals surface area contributed by atoms with Crippen molar-refractivity contribution in [3.05, 3.63) is 0 Å². The second kappa shape index (κ2) is 5.47. The molecule has 1 fully saturated rings. The van der Waals surface area contributed by atoms with Gasteiger partial charge in [0.1, 0.15) is 0 Å². The van der Waals surface area contributed by atoms with Gasteiger partial charge < -0.3 is 4.90 Å². The van der Waals surface area contributed by atoms with E-state index in [0.29, 0.717) is 11.8 Å².